The Bertz CT molecular complexity index is 541. The van der Waals surface area contributed by atoms with E-state index in [-0.39, 0.29) is 12.0 Å². The molecule has 5 heteroatoms. The predicted molar refractivity (Wildman–Crippen MR) is 74.1 cm³/mol. The van der Waals surface area contributed by atoms with Crippen molar-refractivity contribution < 1.29 is 19.4 Å². The van der Waals surface area contributed by atoms with Gasteiger partial charge in [0.1, 0.15) is 17.9 Å². The maximum atomic E-state index is 12.2. The van der Waals surface area contributed by atoms with E-state index >= 15 is 0 Å². The SMILES string of the molecule is CCC(NC(=O)c1cccc2c1OC(C)C2C)C(=O)O. The third-order valence-electron chi connectivity index (χ3n) is 3.80. The van der Waals surface area contributed by atoms with Crippen LogP contribution in [0.1, 0.15) is 49.0 Å². The summed E-state index contributed by atoms with van der Waals surface area (Å²) >= 11 is 0. The molecule has 5 nitrogen and oxygen atoms in total. The number of carboxylic acids is 1. The van der Waals surface area contributed by atoms with Crippen LogP contribution in [0.4, 0.5) is 0 Å². The van der Waals surface area contributed by atoms with E-state index in [1.54, 1.807) is 19.1 Å². The number of amides is 1. The van der Waals surface area contributed by atoms with Gasteiger partial charge in [-0.05, 0) is 19.4 Å². The van der Waals surface area contributed by atoms with Gasteiger partial charge in [0.2, 0.25) is 0 Å². The van der Waals surface area contributed by atoms with Gasteiger partial charge in [0.25, 0.3) is 5.91 Å². The van der Waals surface area contributed by atoms with Gasteiger partial charge in [0.05, 0.1) is 5.56 Å². The Morgan fingerprint density at radius 1 is 1.40 bits per heavy atom. The Labute approximate surface area is 117 Å². The Morgan fingerprint density at radius 2 is 2.10 bits per heavy atom. The van der Waals surface area contributed by atoms with Crippen molar-refractivity contribution in [2.45, 2.75) is 45.3 Å². The van der Waals surface area contributed by atoms with Crippen LogP contribution in [0.5, 0.6) is 5.75 Å². The van der Waals surface area contributed by atoms with Gasteiger partial charge < -0.3 is 15.2 Å². The maximum absolute atomic E-state index is 12.2. The first kappa shape index (κ1) is 14.4. The Hall–Kier alpha value is -2.04. The molecule has 0 bridgehead atoms. The molecule has 0 radical (unpaired) electrons. The Morgan fingerprint density at radius 3 is 2.70 bits per heavy atom. The first-order chi connectivity index (χ1) is 9.45. The van der Waals surface area contributed by atoms with Gasteiger partial charge in [-0.25, -0.2) is 4.79 Å². The van der Waals surface area contributed by atoms with E-state index < -0.39 is 17.9 Å². The van der Waals surface area contributed by atoms with E-state index in [1.807, 2.05) is 19.9 Å². The van der Waals surface area contributed by atoms with Crippen molar-refractivity contribution in [3.63, 3.8) is 0 Å². The van der Waals surface area contributed by atoms with Gasteiger partial charge in [0.15, 0.2) is 0 Å². The molecule has 2 N–H and O–H groups in total. The van der Waals surface area contributed by atoms with Crippen LogP contribution in [0.2, 0.25) is 0 Å². The summed E-state index contributed by atoms with van der Waals surface area (Å²) in [5, 5.41) is 11.5. The third kappa shape index (κ3) is 2.48. The first-order valence-corrected chi connectivity index (χ1v) is 6.79. The molecule has 0 spiro atoms. The molecular formula is C15H19NO4. The van der Waals surface area contributed by atoms with E-state index in [4.69, 9.17) is 9.84 Å². The highest BCUT2D eigenvalue weighted by Gasteiger charge is 2.31. The van der Waals surface area contributed by atoms with Crippen molar-refractivity contribution in [1.29, 1.82) is 0 Å². The van der Waals surface area contributed by atoms with E-state index in [0.29, 0.717) is 17.7 Å². The fourth-order valence-corrected chi connectivity index (χ4v) is 2.34. The largest absolute Gasteiger partial charge is 0.489 e. The van der Waals surface area contributed by atoms with Gasteiger partial charge in [0, 0.05) is 11.5 Å². The summed E-state index contributed by atoms with van der Waals surface area (Å²) in [5.41, 5.74) is 1.40. The van der Waals surface area contributed by atoms with E-state index in [9.17, 15) is 9.59 Å². The van der Waals surface area contributed by atoms with Crippen molar-refractivity contribution in [2.75, 3.05) is 0 Å². The number of nitrogens with one attached hydrogen (secondary N) is 1. The minimum atomic E-state index is -1.03. The van der Waals surface area contributed by atoms with Gasteiger partial charge in [-0.15, -0.1) is 0 Å². The predicted octanol–water partition coefficient (Wildman–Crippen LogP) is 2.16. The van der Waals surface area contributed by atoms with Crippen LogP contribution >= 0.6 is 0 Å². The summed E-state index contributed by atoms with van der Waals surface area (Å²) in [7, 11) is 0. The number of aliphatic carboxylic acids is 1. The monoisotopic (exact) mass is 277 g/mol. The molecule has 0 saturated carbocycles. The van der Waals surface area contributed by atoms with Crippen molar-refractivity contribution in [3.8, 4) is 5.75 Å². The zero-order chi connectivity index (χ0) is 14.9. The lowest BCUT2D eigenvalue weighted by Crippen LogP contribution is -2.40. The number of para-hydroxylation sites is 1. The molecule has 1 amide bonds. The smallest absolute Gasteiger partial charge is 0.326 e. The number of benzene rings is 1. The summed E-state index contributed by atoms with van der Waals surface area (Å²) in [6.07, 6.45) is 0.351. The van der Waals surface area contributed by atoms with Crippen LogP contribution in [0.25, 0.3) is 0 Å². The number of fused-ring (bicyclic) bond motifs is 1. The minimum Gasteiger partial charge on any atom is -0.489 e. The molecule has 3 unspecified atom stereocenters. The highest BCUT2D eigenvalue weighted by atomic mass is 16.5. The summed E-state index contributed by atoms with van der Waals surface area (Å²) in [6, 6.07) is 4.52. The van der Waals surface area contributed by atoms with Crippen LogP contribution in [-0.4, -0.2) is 29.1 Å². The summed E-state index contributed by atoms with van der Waals surface area (Å²) < 4.78 is 5.74. The maximum Gasteiger partial charge on any atom is 0.326 e. The van der Waals surface area contributed by atoms with Crippen LogP contribution in [-0.2, 0) is 4.79 Å². The van der Waals surface area contributed by atoms with Gasteiger partial charge in [-0.1, -0.05) is 26.0 Å². The second-order valence-corrected chi connectivity index (χ2v) is 5.11. The number of hydrogen-bond acceptors (Lipinski definition) is 3. The molecule has 1 heterocycles. The number of hydrogen-bond donors (Lipinski definition) is 2. The molecule has 20 heavy (non-hydrogen) atoms. The minimum absolute atomic E-state index is 0.0143. The highest BCUT2D eigenvalue weighted by molar-refractivity contribution is 5.99. The standard InChI is InChI=1S/C15H19NO4/c1-4-12(15(18)19)16-14(17)11-7-5-6-10-8(2)9(3)20-13(10)11/h5-9,12H,4H2,1-3H3,(H,16,17)(H,18,19). The molecule has 1 aliphatic rings. The number of ether oxygens (including phenoxy) is 1. The Kier molecular flexibility index (Phi) is 3.97. The van der Waals surface area contributed by atoms with Crippen molar-refractivity contribution in [2.24, 2.45) is 0 Å². The quantitative estimate of drug-likeness (QED) is 0.884. The number of carbonyl (C=O) groups excluding carboxylic acids is 1. The highest BCUT2D eigenvalue weighted by Crippen LogP contribution is 2.40. The molecular weight excluding hydrogens is 258 g/mol. The van der Waals surface area contributed by atoms with Crippen LogP contribution < -0.4 is 10.1 Å². The number of rotatable bonds is 4. The first-order valence-electron chi connectivity index (χ1n) is 6.79. The molecule has 108 valence electrons. The van der Waals surface area contributed by atoms with Crippen LogP contribution in [0, 0.1) is 0 Å². The van der Waals surface area contributed by atoms with Crippen molar-refractivity contribution >= 4 is 11.9 Å². The zero-order valence-electron chi connectivity index (χ0n) is 11.8. The average Bonchev–Trinajstić information content (AvgIpc) is 2.71. The lowest BCUT2D eigenvalue weighted by molar-refractivity contribution is -0.139. The lowest BCUT2D eigenvalue weighted by Gasteiger charge is -2.14. The van der Waals surface area contributed by atoms with E-state index in [0.717, 1.165) is 5.56 Å². The third-order valence-corrected chi connectivity index (χ3v) is 3.80. The fourth-order valence-electron chi connectivity index (χ4n) is 2.34. The molecule has 1 aromatic carbocycles. The van der Waals surface area contributed by atoms with Gasteiger partial charge in [-0.2, -0.15) is 0 Å². The van der Waals surface area contributed by atoms with E-state index in [1.165, 1.54) is 0 Å². The molecule has 3 atom stereocenters. The Balaban J connectivity index is 2.27. The van der Waals surface area contributed by atoms with E-state index in [2.05, 4.69) is 5.32 Å². The topological polar surface area (TPSA) is 75.6 Å². The van der Waals surface area contributed by atoms with Gasteiger partial charge >= 0.3 is 5.97 Å². The molecule has 0 aliphatic carbocycles. The summed E-state index contributed by atoms with van der Waals surface area (Å²) in [4.78, 5) is 23.2. The second kappa shape index (κ2) is 5.53. The molecule has 1 aliphatic heterocycles. The summed E-state index contributed by atoms with van der Waals surface area (Å²) in [5.74, 6) is -0.641. The van der Waals surface area contributed by atoms with Crippen LogP contribution in [0.15, 0.2) is 18.2 Å². The summed E-state index contributed by atoms with van der Waals surface area (Å²) in [6.45, 7) is 5.72. The van der Waals surface area contributed by atoms with Gasteiger partial charge in [-0.3, -0.25) is 4.79 Å². The molecule has 1 aromatic rings. The normalized spacial score (nSPS) is 21.8. The molecule has 0 aromatic heterocycles. The van der Waals surface area contributed by atoms with Crippen molar-refractivity contribution in [1.82, 2.24) is 5.32 Å². The molecule has 0 fully saturated rings. The molecule has 2 rings (SSSR count). The average molecular weight is 277 g/mol. The zero-order valence-corrected chi connectivity index (χ0v) is 11.8. The molecule has 0 saturated heterocycles. The number of carboxylic acid groups (broad SMARTS) is 1. The number of carbonyl (C=O) groups is 2. The second-order valence-electron chi connectivity index (χ2n) is 5.11. The van der Waals surface area contributed by atoms with Crippen molar-refractivity contribution in [3.05, 3.63) is 29.3 Å². The fraction of sp³-hybridized carbons (Fsp3) is 0.467. The lowest BCUT2D eigenvalue weighted by atomic mass is 9.96. The van der Waals surface area contributed by atoms with Crippen LogP contribution in [0.3, 0.4) is 0 Å².